The highest BCUT2D eigenvalue weighted by Crippen LogP contribution is 2.41. The number of anilines is 1. The van der Waals surface area contributed by atoms with Crippen molar-refractivity contribution >= 4 is 23.2 Å². The van der Waals surface area contributed by atoms with E-state index >= 15 is 0 Å². The second kappa shape index (κ2) is 3.20. The van der Waals surface area contributed by atoms with E-state index in [9.17, 15) is 4.79 Å². The Morgan fingerprint density at radius 3 is 2.80 bits per heavy atom. The Hall–Kier alpha value is -1.09. The summed E-state index contributed by atoms with van der Waals surface area (Å²) in [6.07, 6.45) is 1.70. The number of pyridine rings is 1. The molecule has 1 aromatic rings. The van der Waals surface area contributed by atoms with Crippen LogP contribution in [0.5, 0.6) is 0 Å². The smallest absolute Gasteiger partial charge is 0.237 e. The zero-order valence-electron chi connectivity index (χ0n) is 9.04. The Kier molecular flexibility index (Phi) is 2.23. The molecule has 0 N–H and O–H groups in total. The lowest BCUT2D eigenvalue weighted by atomic mass is 9.87. The number of fused-ring (bicyclic) bond motifs is 1. The van der Waals surface area contributed by atoms with Crippen LogP contribution in [0.25, 0.3) is 0 Å². The van der Waals surface area contributed by atoms with Gasteiger partial charge in [0.25, 0.3) is 0 Å². The highest BCUT2D eigenvalue weighted by atomic mass is 35.5. The van der Waals surface area contributed by atoms with E-state index in [1.54, 1.807) is 17.2 Å². The molecule has 0 aromatic carbocycles. The van der Waals surface area contributed by atoms with E-state index in [1.807, 2.05) is 20.8 Å². The van der Waals surface area contributed by atoms with E-state index in [-0.39, 0.29) is 5.91 Å². The lowest BCUT2D eigenvalue weighted by Gasteiger charge is -2.18. The molecule has 4 heteroatoms. The van der Waals surface area contributed by atoms with Crippen molar-refractivity contribution in [2.75, 3.05) is 11.4 Å². The van der Waals surface area contributed by atoms with Crippen molar-refractivity contribution in [2.24, 2.45) is 0 Å². The minimum absolute atomic E-state index is 0.115. The Labute approximate surface area is 94.1 Å². The molecule has 0 atom stereocenters. The molecule has 3 nitrogen and oxygen atoms in total. The zero-order valence-corrected chi connectivity index (χ0v) is 9.80. The van der Waals surface area contributed by atoms with E-state index in [2.05, 4.69) is 4.98 Å². The van der Waals surface area contributed by atoms with Crippen molar-refractivity contribution in [3.63, 3.8) is 0 Å². The highest BCUT2D eigenvalue weighted by Gasteiger charge is 2.43. The molecule has 0 saturated heterocycles. The molecule has 1 amide bonds. The minimum atomic E-state index is -0.483. The van der Waals surface area contributed by atoms with Crippen molar-refractivity contribution in [3.05, 3.63) is 23.0 Å². The van der Waals surface area contributed by atoms with Gasteiger partial charge in [-0.1, -0.05) is 11.6 Å². The summed E-state index contributed by atoms with van der Waals surface area (Å²) in [4.78, 5) is 17.9. The highest BCUT2D eigenvalue weighted by molar-refractivity contribution is 6.30. The van der Waals surface area contributed by atoms with Crippen LogP contribution in [-0.4, -0.2) is 17.4 Å². The average molecular weight is 225 g/mol. The first-order valence-electron chi connectivity index (χ1n) is 4.96. The maximum absolute atomic E-state index is 12.1. The molecule has 2 heterocycles. The number of rotatable bonds is 1. The van der Waals surface area contributed by atoms with Gasteiger partial charge in [0, 0.05) is 18.3 Å². The average Bonchev–Trinajstić information content (AvgIpc) is 2.35. The Morgan fingerprint density at radius 2 is 2.20 bits per heavy atom. The van der Waals surface area contributed by atoms with Crippen LogP contribution in [0.3, 0.4) is 0 Å². The molecule has 15 heavy (non-hydrogen) atoms. The summed E-state index contributed by atoms with van der Waals surface area (Å²) < 4.78 is 0. The first-order valence-corrected chi connectivity index (χ1v) is 5.34. The third-order valence-electron chi connectivity index (χ3n) is 2.91. The second-order valence-electron chi connectivity index (χ2n) is 4.20. The maximum Gasteiger partial charge on any atom is 0.237 e. The van der Waals surface area contributed by atoms with Gasteiger partial charge in [0.15, 0.2) is 0 Å². The summed E-state index contributed by atoms with van der Waals surface area (Å²) in [5.74, 6) is 0.115. The third-order valence-corrected chi connectivity index (χ3v) is 3.12. The van der Waals surface area contributed by atoms with Crippen molar-refractivity contribution in [3.8, 4) is 0 Å². The number of hydrogen-bond acceptors (Lipinski definition) is 2. The number of hydrogen-bond donors (Lipinski definition) is 0. The van der Waals surface area contributed by atoms with Gasteiger partial charge < -0.3 is 4.90 Å². The molecule has 0 bridgehead atoms. The SMILES string of the molecule is CCN1C(=O)C(C)(C)c2cnc(Cl)cc21. The fourth-order valence-electron chi connectivity index (χ4n) is 2.00. The van der Waals surface area contributed by atoms with Gasteiger partial charge in [-0.05, 0) is 26.8 Å². The third kappa shape index (κ3) is 1.34. The molecule has 1 aliphatic heterocycles. The Morgan fingerprint density at radius 1 is 1.53 bits per heavy atom. The number of likely N-dealkylation sites (N-methyl/N-ethyl adjacent to an activating group) is 1. The van der Waals surface area contributed by atoms with Crippen LogP contribution in [-0.2, 0) is 10.2 Å². The van der Waals surface area contributed by atoms with Crippen molar-refractivity contribution < 1.29 is 4.79 Å². The van der Waals surface area contributed by atoms with Gasteiger partial charge in [-0.2, -0.15) is 0 Å². The molecule has 0 spiro atoms. The van der Waals surface area contributed by atoms with Gasteiger partial charge >= 0.3 is 0 Å². The molecule has 0 radical (unpaired) electrons. The van der Waals surface area contributed by atoms with E-state index in [4.69, 9.17) is 11.6 Å². The second-order valence-corrected chi connectivity index (χ2v) is 4.59. The maximum atomic E-state index is 12.1. The molecule has 80 valence electrons. The minimum Gasteiger partial charge on any atom is -0.311 e. The van der Waals surface area contributed by atoms with Crippen molar-refractivity contribution in [1.29, 1.82) is 0 Å². The van der Waals surface area contributed by atoms with Crippen LogP contribution in [0.15, 0.2) is 12.3 Å². The van der Waals surface area contributed by atoms with Crippen LogP contribution in [0.1, 0.15) is 26.3 Å². The molecular formula is C11H13ClN2O. The standard InChI is InChI=1S/C11H13ClN2O/c1-4-14-8-5-9(12)13-6-7(8)11(2,3)10(14)15/h5-6H,4H2,1-3H3. The fraction of sp³-hybridized carbons (Fsp3) is 0.455. The predicted octanol–water partition coefficient (Wildman–Crippen LogP) is 2.38. The number of carbonyl (C=O) groups is 1. The van der Waals surface area contributed by atoms with Gasteiger partial charge in [0.2, 0.25) is 5.91 Å². The van der Waals surface area contributed by atoms with E-state index in [1.165, 1.54) is 0 Å². The molecule has 2 rings (SSSR count). The van der Waals surface area contributed by atoms with Crippen molar-refractivity contribution in [1.82, 2.24) is 4.98 Å². The monoisotopic (exact) mass is 224 g/mol. The number of carbonyl (C=O) groups excluding carboxylic acids is 1. The molecule has 0 fully saturated rings. The van der Waals surface area contributed by atoms with Crippen LogP contribution < -0.4 is 4.90 Å². The molecule has 1 aliphatic rings. The molecule has 0 aliphatic carbocycles. The van der Waals surface area contributed by atoms with E-state index < -0.39 is 5.41 Å². The molecule has 1 aromatic heterocycles. The first-order chi connectivity index (χ1) is 6.98. The molecular weight excluding hydrogens is 212 g/mol. The zero-order chi connectivity index (χ0) is 11.2. The summed E-state index contributed by atoms with van der Waals surface area (Å²) in [6.45, 7) is 6.45. The summed E-state index contributed by atoms with van der Waals surface area (Å²) >= 11 is 5.84. The van der Waals surface area contributed by atoms with Crippen molar-refractivity contribution in [2.45, 2.75) is 26.2 Å². The van der Waals surface area contributed by atoms with E-state index in [0.29, 0.717) is 11.7 Å². The Bertz CT molecular complexity index is 429. The summed E-state index contributed by atoms with van der Waals surface area (Å²) in [7, 11) is 0. The quantitative estimate of drug-likeness (QED) is 0.687. The normalized spacial score (nSPS) is 18.1. The predicted molar refractivity (Wildman–Crippen MR) is 60.3 cm³/mol. The summed E-state index contributed by atoms with van der Waals surface area (Å²) in [5.41, 5.74) is 1.37. The lowest BCUT2D eigenvalue weighted by molar-refractivity contribution is -0.122. The summed E-state index contributed by atoms with van der Waals surface area (Å²) in [5, 5.41) is 0.428. The van der Waals surface area contributed by atoms with Crippen LogP contribution in [0.4, 0.5) is 5.69 Å². The van der Waals surface area contributed by atoms with Gasteiger partial charge in [-0.25, -0.2) is 4.98 Å². The topological polar surface area (TPSA) is 33.2 Å². The van der Waals surface area contributed by atoms with Gasteiger partial charge in [0.05, 0.1) is 11.1 Å². The number of halogens is 1. The number of nitrogens with zero attached hydrogens (tertiary/aromatic N) is 2. The Balaban J connectivity index is 2.65. The van der Waals surface area contributed by atoms with Crippen LogP contribution in [0.2, 0.25) is 5.15 Å². The van der Waals surface area contributed by atoms with Gasteiger partial charge in [-0.3, -0.25) is 4.79 Å². The van der Waals surface area contributed by atoms with Crippen LogP contribution >= 0.6 is 11.6 Å². The lowest BCUT2D eigenvalue weighted by Crippen LogP contribution is -2.35. The van der Waals surface area contributed by atoms with Gasteiger partial charge in [-0.15, -0.1) is 0 Å². The number of amides is 1. The molecule has 0 saturated carbocycles. The number of aromatic nitrogens is 1. The van der Waals surface area contributed by atoms with E-state index in [0.717, 1.165) is 11.3 Å². The largest absolute Gasteiger partial charge is 0.311 e. The molecule has 0 unspecified atom stereocenters. The fourth-order valence-corrected chi connectivity index (χ4v) is 2.15. The first kappa shape index (κ1) is 10.4. The summed E-state index contributed by atoms with van der Waals surface area (Å²) in [6, 6.07) is 1.76. The van der Waals surface area contributed by atoms with Crippen LogP contribution in [0, 0.1) is 0 Å². The van der Waals surface area contributed by atoms with Gasteiger partial charge in [0.1, 0.15) is 5.15 Å².